The highest BCUT2D eigenvalue weighted by atomic mass is 32.1. The molecule has 0 fully saturated rings. The summed E-state index contributed by atoms with van der Waals surface area (Å²) >= 11 is 1.55. The molecular weight excluding hydrogens is 350 g/mol. The molecule has 2 N–H and O–H groups in total. The number of ether oxygens (including phenoxy) is 2. The minimum atomic E-state index is -0.235. The van der Waals surface area contributed by atoms with Crippen LogP contribution in [0, 0.1) is 0 Å². The standard InChI is InChI=1S/C19H19N3O3S/c1-20-19-22-17(11-26-19)12-4-6-14(7-5-12)21-18(23)13-8-15(24-2)10-16(9-13)25-3/h4-11H,1-3H3,(H,20,22)(H,21,23). The molecule has 3 rings (SSSR count). The normalized spacial score (nSPS) is 10.3. The van der Waals surface area contributed by atoms with Gasteiger partial charge in [0, 0.05) is 35.3 Å². The molecule has 1 aromatic heterocycles. The van der Waals surface area contributed by atoms with Gasteiger partial charge in [0.25, 0.3) is 5.91 Å². The van der Waals surface area contributed by atoms with Crippen molar-refractivity contribution in [1.82, 2.24) is 4.98 Å². The summed E-state index contributed by atoms with van der Waals surface area (Å²) in [7, 11) is 4.94. The fraction of sp³-hybridized carbons (Fsp3) is 0.158. The van der Waals surface area contributed by atoms with E-state index in [-0.39, 0.29) is 5.91 Å². The van der Waals surface area contributed by atoms with Crippen LogP contribution in [-0.4, -0.2) is 32.2 Å². The number of methoxy groups -OCH3 is 2. The number of carbonyl (C=O) groups excluding carboxylic acids is 1. The molecular formula is C19H19N3O3S. The zero-order valence-corrected chi connectivity index (χ0v) is 15.5. The van der Waals surface area contributed by atoms with E-state index in [0.29, 0.717) is 22.7 Å². The van der Waals surface area contributed by atoms with Gasteiger partial charge in [-0.05, 0) is 24.3 Å². The second kappa shape index (κ2) is 7.88. The van der Waals surface area contributed by atoms with Gasteiger partial charge in [-0.1, -0.05) is 12.1 Å². The van der Waals surface area contributed by atoms with Gasteiger partial charge in [0.15, 0.2) is 5.13 Å². The summed E-state index contributed by atoms with van der Waals surface area (Å²) in [5.41, 5.74) is 3.05. The van der Waals surface area contributed by atoms with Crippen LogP contribution in [0.4, 0.5) is 10.8 Å². The molecule has 26 heavy (non-hydrogen) atoms. The topological polar surface area (TPSA) is 72.5 Å². The monoisotopic (exact) mass is 369 g/mol. The van der Waals surface area contributed by atoms with Crippen LogP contribution in [0.1, 0.15) is 10.4 Å². The Morgan fingerprint density at radius 1 is 1.04 bits per heavy atom. The number of amides is 1. The SMILES string of the molecule is CNc1nc(-c2ccc(NC(=O)c3cc(OC)cc(OC)c3)cc2)cs1. The van der Waals surface area contributed by atoms with Crippen molar-refractivity contribution in [2.24, 2.45) is 0 Å². The average molecular weight is 369 g/mol. The van der Waals surface area contributed by atoms with Crippen LogP contribution in [0.2, 0.25) is 0 Å². The minimum Gasteiger partial charge on any atom is -0.497 e. The van der Waals surface area contributed by atoms with Crippen molar-refractivity contribution < 1.29 is 14.3 Å². The molecule has 0 aliphatic carbocycles. The van der Waals surface area contributed by atoms with Gasteiger partial charge in [-0.25, -0.2) is 4.98 Å². The Morgan fingerprint density at radius 2 is 1.69 bits per heavy atom. The molecule has 0 spiro atoms. The quantitative estimate of drug-likeness (QED) is 0.684. The minimum absolute atomic E-state index is 0.235. The zero-order valence-electron chi connectivity index (χ0n) is 14.7. The molecule has 0 aliphatic heterocycles. The molecule has 1 heterocycles. The third kappa shape index (κ3) is 3.94. The van der Waals surface area contributed by atoms with E-state index in [4.69, 9.17) is 9.47 Å². The maximum absolute atomic E-state index is 12.5. The molecule has 134 valence electrons. The number of thiazole rings is 1. The number of hydrogen-bond acceptors (Lipinski definition) is 6. The number of anilines is 2. The molecule has 0 saturated carbocycles. The van der Waals surface area contributed by atoms with Crippen molar-refractivity contribution in [3.05, 3.63) is 53.4 Å². The highest BCUT2D eigenvalue weighted by molar-refractivity contribution is 7.14. The van der Waals surface area contributed by atoms with Crippen molar-refractivity contribution in [2.45, 2.75) is 0 Å². The van der Waals surface area contributed by atoms with Crippen LogP contribution in [0.3, 0.4) is 0 Å². The van der Waals surface area contributed by atoms with Crippen LogP contribution >= 0.6 is 11.3 Å². The molecule has 7 heteroatoms. The summed E-state index contributed by atoms with van der Waals surface area (Å²) in [5, 5.41) is 8.75. The number of nitrogens with zero attached hydrogens (tertiary/aromatic N) is 1. The molecule has 0 unspecified atom stereocenters. The summed E-state index contributed by atoms with van der Waals surface area (Å²) in [6, 6.07) is 12.6. The molecule has 0 saturated heterocycles. The van der Waals surface area contributed by atoms with Crippen LogP contribution in [-0.2, 0) is 0 Å². The van der Waals surface area contributed by atoms with Gasteiger partial charge in [-0.3, -0.25) is 4.79 Å². The number of aromatic nitrogens is 1. The van der Waals surface area contributed by atoms with Gasteiger partial charge in [0.1, 0.15) is 11.5 Å². The van der Waals surface area contributed by atoms with E-state index in [1.54, 1.807) is 43.8 Å². The van der Waals surface area contributed by atoms with Gasteiger partial charge in [-0.2, -0.15) is 0 Å². The number of nitrogens with one attached hydrogen (secondary N) is 2. The summed E-state index contributed by atoms with van der Waals surface area (Å²) in [4.78, 5) is 17.0. The first-order valence-corrected chi connectivity index (χ1v) is 8.79. The van der Waals surface area contributed by atoms with Gasteiger partial charge >= 0.3 is 0 Å². The summed E-state index contributed by atoms with van der Waals surface area (Å²) in [6.07, 6.45) is 0. The largest absolute Gasteiger partial charge is 0.497 e. The van der Waals surface area contributed by atoms with E-state index in [9.17, 15) is 4.79 Å². The van der Waals surface area contributed by atoms with Crippen molar-refractivity contribution in [3.63, 3.8) is 0 Å². The number of rotatable bonds is 6. The van der Waals surface area contributed by atoms with Crippen molar-refractivity contribution in [3.8, 4) is 22.8 Å². The van der Waals surface area contributed by atoms with Crippen molar-refractivity contribution in [1.29, 1.82) is 0 Å². The van der Waals surface area contributed by atoms with Crippen LogP contribution in [0.5, 0.6) is 11.5 Å². The lowest BCUT2D eigenvalue weighted by atomic mass is 10.1. The van der Waals surface area contributed by atoms with E-state index in [2.05, 4.69) is 15.6 Å². The Hall–Kier alpha value is -3.06. The fourth-order valence-electron chi connectivity index (χ4n) is 2.39. The Morgan fingerprint density at radius 3 is 2.23 bits per heavy atom. The molecule has 0 atom stereocenters. The second-order valence-corrected chi connectivity index (χ2v) is 6.28. The summed E-state index contributed by atoms with van der Waals surface area (Å²) < 4.78 is 10.4. The molecule has 6 nitrogen and oxygen atoms in total. The Balaban J connectivity index is 1.75. The molecule has 0 bridgehead atoms. The maximum Gasteiger partial charge on any atom is 0.255 e. The summed E-state index contributed by atoms with van der Waals surface area (Å²) in [5.74, 6) is 0.892. The van der Waals surface area contributed by atoms with Crippen LogP contribution in [0.15, 0.2) is 47.8 Å². The zero-order chi connectivity index (χ0) is 18.5. The van der Waals surface area contributed by atoms with Crippen LogP contribution in [0.25, 0.3) is 11.3 Å². The third-order valence-corrected chi connectivity index (χ3v) is 4.63. The highest BCUT2D eigenvalue weighted by Gasteiger charge is 2.11. The molecule has 1 amide bonds. The van der Waals surface area contributed by atoms with Gasteiger partial charge in [-0.15, -0.1) is 11.3 Å². The number of carbonyl (C=O) groups is 1. The highest BCUT2D eigenvalue weighted by Crippen LogP contribution is 2.26. The lowest BCUT2D eigenvalue weighted by Gasteiger charge is -2.09. The van der Waals surface area contributed by atoms with E-state index < -0.39 is 0 Å². The van der Waals surface area contributed by atoms with E-state index in [1.165, 1.54) is 0 Å². The molecule has 0 aliphatic rings. The van der Waals surface area contributed by atoms with E-state index in [0.717, 1.165) is 16.4 Å². The second-order valence-electron chi connectivity index (χ2n) is 5.42. The number of benzene rings is 2. The first-order valence-electron chi connectivity index (χ1n) is 7.91. The van der Waals surface area contributed by atoms with E-state index >= 15 is 0 Å². The maximum atomic E-state index is 12.5. The van der Waals surface area contributed by atoms with Crippen molar-refractivity contribution in [2.75, 3.05) is 31.9 Å². The Kier molecular flexibility index (Phi) is 5.38. The molecule has 0 radical (unpaired) electrons. The lowest BCUT2D eigenvalue weighted by Crippen LogP contribution is -2.12. The van der Waals surface area contributed by atoms with Gasteiger partial charge in [0.2, 0.25) is 0 Å². The van der Waals surface area contributed by atoms with Gasteiger partial charge in [0.05, 0.1) is 19.9 Å². The van der Waals surface area contributed by atoms with E-state index in [1.807, 2.05) is 36.7 Å². The predicted octanol–water partition coefficient (Wildman–Crippen LogP) is 4.12. The predicted molar refractivity (Wildman–Crippen MR) is 105 cm³/mol. The summed E-state index contributed by atoms with van der Waals surface area (Å²) in [6.45, 7) is 0. The van der Waals surface area contributed by atoms with Gasteiger partial charge < -0.3 is 20.1 Å². The first-order chi connectivity index (χ1) is 12.6. The Labute approximate surface area is 155 Å². The first kappa shape index (κ1) is 17.8. The third-order valence-electron chi connectivity index (χ3n) is 3.77. The average Bonchev–Trinajstić information content (AvgIpc) is 3.17. The lowest BCUT2D eigenvalue weighted by molar-refractivity contribution is 0.102. The van der Waals surface area contributed by atoms with Crippen molar-refractivity contribution >= 4 is 28.1 Å². The Bertz CT molecular complexity index is 884. The number of hydrogen-bond donors (Lipinski definition) is 2. The smallest absolute Gasteiger partial charge is 0.255 e. The van der Waals surface area contributed by atoms with Crippen LogP contribution < -0.4 is 20.1 Å². The molecule has 3 aromatic rings. The molecule has 2 aromatic carbocycles. The fourth-order valence-corrected chi connectivity index (χ4v) is 3.07.